The van der Waals surface area contributed by atoms with E-state index in [4.69, 9.17) is 5.10 Å². The molecule has 1 saturated heterocycles. The highest BCUT2D eigenvalue weighted by atomic mass is 15.4. The second kappa shape index (κ2) is 5.40. The van der Waals surface area contributed by atoms with Crippen molar-refractivity contribution in [3.63, 3.8) is 0 Å². The zero-order chi connectivity index (χ0) is 15.9. The summed E-state index contributed by atoms with van der Waals surface area (Å²) >= 11 is 0. The average molecular weight is 322 g/mol. The molecular weight excluding hydrogens is 304 g/mol. The van der Waals surface area contributed by atoms with Gasteiger partial charge in [0, 0.05) is 37.7 Å². The quantitative estimate of drug-likeness (QED) is 0.759. The highest BCUT2D eigenvalue weighted by Gasteiger charge is 2.31. The van der Waals surface area contributed by atoms with Crippen LogP contribution < -0.4 is 10.2 Å². The molecule has 3 aromatic heterocycles. The molecule has 8 nitrogen and oxygen atoms in total. The Morgan fingerprint density at radius 1 is 1.12 bits per heavy atom. The van der Waals surface area contributed by atoms with Gasteiger partial charge < -0.3 is 10.2 Å². The lowest BCUT2D eigenvalue weighted by Gasteiger charge is -2.40. The molecule has 0 spiro atoms. The summed E-state index contributed by atoms with van der Waals surface area (Å²) in [6.45, 7) is 2.91. The van der Waals surface area contributed by atoms with Crippen molar-refractivity contribution in [2.24, 2.45) is 5.92 Å². The molecule has 0 aromatic carbocycles. The molecule has 1 aliphatic carbocycles. The summed E-state index contributed by atoms with van der Waals surface area (Å²) in [6.07, 6.45) is 5.71. The second-order valence-electron chi connectivity index (χ2n) is 6.54. The molecule has 2 aliphatic rings. The van der Waals surface area contributed by atoms with Crippen LogP contribution in [-0.2, 0) is 0 Å². The van der Waals surface area contributed by atoms with Crippen molar-refractivity contribution < 1.29 is 0 Å². The van der Waals surface area contributed by atoms with Gasteiger partial charge in [-0.2, -0.15) is 4.52 Å². The van der Waals surface area contributed by atoms with E-state index < -0.39 is 0 Å². The van der Waals surface area contributed by atoms with Gasteiger partial charge in [-0.05, 0) is 31.0 Å². The summed E-state index contributed by atoms with van der Waals surface area (Å²) in [4.78, 5) is 10.4. The first-order valence-corrected chi connectivity index (χ1v) is 8.34. The zero-order valence-corrected chi connectivity index (χ0v) is 13.2. The van der Waals surface area contributed by atoms with Crippen LogP contribution in [0, 0.1) is 5.92 Å². The Hall–Kier alpha value is -2.77. The fraction of sp³-hybridized carbons (Fsp3) is 0.438. The van der Waals surface area contributed by atoms with Crippen LogP contribution in [0.4, 0.5) is 11.6 Å². The van der Waals surface area contributed by atoms with Crippen molar-refractivity contribution in [2.45, 2.75) is 18.8 Å². The Bertz CT molecular complexity index is 851. The van der Waals surface area contributed by atoms with Gasteiger partial charge in [-0.25, -0.2) is 9.97 Å². The molecule has 0 amide bonds. The molecule has 2 fully saturated rings. The van der Waals surface area contributed by atoms with E-state index in [9.17, 15) is 0 Å². The number of hydrogen-bond acceptors (Lipinski definition) is 7. The van der Waals surface area contributed by atoms with Crippen LogP contribution in [0.15, 0.2) is 30.7 Å². The maximum absolute atomic E-state index is 4.75. The highest BCUT2D eigenvalue weighted by molar-refractivity contribution is 5.48. The Kier molecular flexibility index (Phi) is 3.07. The molecule has 1 N–H and O–H groups in total. The zero-order valence-electron chi connectivity index (χ0n) is 13.2. The van der Waals surface area contributed by atoms with Crippen LogP contribution in [-0.4, -0.2) is 49.4 Å². The molecule has 0 bridgehead atoms. The van der Waals surface area contributed by atoms with Crippen molar-refractivity contribution >= 4 is 17.3 Å². The van der Waals surface area contributed by atoms with Gasteiger partial charge in [-0.15, -0.1) is 15.3 Å². The summed E-state index contributed by atoms with van der Waals surface area (Å²) in [7, 11) is 0. The number of nitrogens with zero attached hydrogens (tertiary/aromatic N) is 7. The number of rotatable bonds is 5. The van der Waals surface area contributed by atoms with Gasteiger partial charge in [0.2, 0.25) is 0 Å². The molecule has 0 atom stereocenters. The van der Waals surface area contributed by atoms with Crippen molar-refractivity contribution in [3.8, 4) is 0 Å². The van der Waals surface area contributed by atoms with Crippen LogP contribution in [0.5, 0.6) is 0 Å². The van der Waals surface area contributed by atoms with Crippen molar-refractivity contribution in [3.05, 3.63) is 36.5 Å². The minimum absolute atomic E-state index is 0.545. The van der Waals surface area contributed by atoms with Crippen molar-refractivity contribution in [1.82, 2.24) is 29.8 Å². The molecular formula is C16H18N8. The van der Waals surface area contributed by atoms with E-state index in [0.29, 0.717) is 11.8 Å². The number of aromatic nitrogens is 6. The maximum atomic E-state index is 4.75. The minimum atomic E-state index is 0.545. The summed E-state index contributed by atoms with van der Waals surface area (Å²) in [5, 5.41) is 16.6. The molecule has 0 unspecified atom stereocenters. The topological polar surface area (TPSA) is 84.1 Å². The van der Waals surface area contributed by atoms with Crippen LogP contribution >= 0.6 is 0 Å². The number of hydrogen-bond donors (Lipinski definition) is 1. The molecule has 4 heterocycles. The average Bonchev–Trinajstić information content (AvgIpc) is 3.34. The first-order chi connectivity index (χ1) is 11.9. The predicted octanol–water partition coefficient (Wildman–Crippen LogP) is 1.34. The van der Waals surface area contributed by atoms with Crippen molar-refractivity contribution in [2.75, 3.05) is 29.9 Å². The van der Waals surface area contributed by atoms with Gasteiger partial charge in [0.1, 0.15) is 18.0 Å². The summed E-state index contributed by atoms with van der Waals surface area (Å²) in [6, 6.07) is 5.93. The highest BCUT2D eigenvalue weighted by Crippen LogP contribution is 2.38. The van der Waals surface area contributed by atoms with Gasteiger partial charge in [0.05, 0.1) is 0 Å². The lowest BCUT2D eigenvalue weighted by Crippen LogP contribution is -2.50. The molecule has 24 heavy (non-hydrogen) atoms. The lowest BCUT2D eigenvalue weighted by atomic mass is 10.0. The predicted molar refractivity (Wildman–Crippen MR) is 89.0 cm³/mol. The summed E-state index contributed by atoms with van der Waals surface area (Å²) < 4.78 is 1.92. The first kappa shape index (κ1) is 13.6. The fourth-order valence-corrected chi connectivity index (χ4v) is 3.09. The Labute approximate surface area is 138 Å². The smallest absolute Gasteiger partial charge is 0.178 e. The van der Waals surface area contributed by atoms with E-state index in [2.05, 4.69) is 30.4 Å². The molecule has 1 saturated carbocycles. The number of fused-ring (bicyclic) bond motifs is 1. The molecule has 1 aliphatic heterocycles. The van der Waals surface area contributed by atoms with E-state index in [-0.39, 0.29) is 0 Å². The normalized spacial score (nSPS) is 17.9. The van der Waals surface area contributed by atoms with E-state index in [1.54, 1.807) is 12.5 Å². The lowest BCUT2D eigenvalue weighted by molar-refractivity contribution is 0.424. The largest absolute Gasteiger partial charge is 0.370 e. The SMILES string of the molecule is c1cc(NCC2CN(c3ccc4nnc(C5CC5)n4n3)C2)ncn1. The van der Waals surface area contributed by atoms with Gasteiger partial charge in [0.25, 0.3) is 0 Å². The van der Waals surface area contributed by atoms with E-state index in [1.807, 2.05) is 22.7 Å². The number of nitrogens with one attached hydrogen (secondary N) is 1. The van der Waals surface area contributed by atoms with Gasteiger partial charge in [0.15, 0.2) is 11.5 Å². The fourth-order valence-electron chi connectivity index (χ4n) is 3.09. The van der Waals surface area contributed by atoms with Crippen molar-refractivity contribution in [1.29, 1.82) is 0 Å². The molecule has 3 aromatic rings. The summed E-state index contributed by atoms with van der Waals surface area (Å²) in [5.41, 5.74) is 0.836. The van der Waals surface area contributed by atoms with Crippen LogP contribution in [0.25, 0.3) is 5.65 Å². The van der Waals surface area contributed by atoms with Gasteiger partial charge in [-0.1, -0.05) is 0 Å². The second-order valence-corrected chi connectivity index (χ2v) is 6.54. The van der Waals surface area contributed by atoms with Crippen LogP contribution in [0.3, 0.4) is 0 Å². The van der Waals surface area contributed by atoms with E-state index >= 15 is 0 Å². The minimum Gasteiger partial charge on any atom is -0.370 e. The van der Waals surface area contributed by atoms with Gasteiger partial charge >= 0.3 is 0 Å². The first-order valence-electron chi connectivity index (χ1n) is 8.34. The maximum Gasteiger partial charge on any atom is 0.178 e. The van der Waals surface area contributed by atoms with E-state index in [0.717, 1.165) is 42.7 Å². The van der Waals surface area contributed by atoms with Gasteiger partial charge in [-0.3, -0.25) is 0 Å². The molecule has 0 radical (unpaired) electrons. The van der Waals surface area contributed by atoms with Crippen LogP contribution in [0.1, 0.15) is 24.6 Å². The third kappa shape index (κ3) is 2.44. The van der Waals surface area contributed by atoms with Crippen LogP contribution in [0.2, 0.25) is 0 Å². The Morgan fingerprint density at radius 3 is 2.83 bits per heavy atom. The monoisotopic (exact) mass is 322 g/mol. The third-order valence-electron chi connectivity index (χ3n) is 4.65. The standard InChI is InChI=1S/C16H18N8/c1-2-12(1)16-21-20-14-3-4-15(22-24(14)16)23-8-11(9-23)7-18-13-5-6-17-10-19-13/h3-6,10-12H,1-2,7-9H2,(H,17,18,19). The molecule has 122 valence electrons. The molecule has 8 heteroatoms. The Morgan fingerprint density at radius 2 is 2.04 bits per heavy atom. The Balaban J connectivity index is 1.24. The van der Waals surface area contributed by atoms with E-state index in [1.165, 1.54) is 12.8 Å². The molecule has 5 rings (SSSR count). The number of anilines is 2. The third-order valence-corrected chi connectivity index (χ3v) is 4.65. The summed E-state index contributed by atoms with van der Waals surface area (Å²) in [5.74, 6) is 4.03.